The maximum Gasteiger partial charge on any atom is 0.0206 e. The Bertz CT molecular complexity index is 225. The molecule has 0 bridgehead atoms. The van der Waals surface area contributed by atoms with Crippen LogP contribution in [0.4, 0.5) is 0 Å². The molecule has 0 aromatic heterocycles. The lowest BCUT2D eigenvalue weighted by molar-refractivity contribution is 0.250. The minimum atomic E-state index is 1.15. The first-order chi connectivity index (χ1) is 7.88. The molecule has 92 valence electrons. The zero-order valence-corrected chi connectivity index (χ0v) is 10.5. The molecule has 3 heteroatoms. The molecule has 0 radical (unpaired) electrons. The van der Waals surface area contributed by atoms with E-state index in [-0.39, 0.29) is 0 Å². The zero-order valence-electron chi connectivity index (χ0n) is 10.5. The monoisotopic (exact) mass is 223 g/mol. The van der Waals surface area contributed by atoms with Gasteiger partial charge >= 0.3 is 0 Å². The first-order valence-electron chi connectivity index (χ1n) is 6.68. The van der Waals surface area contributed by atoms with E-state index in [4.69, 9.17) is 0 Å². The maximum absolute atomic E-state index is 3.41. The molecule has 0 aromatic carbocycles. The third-order valence-corrected chi connectivity index (χ3v) is 3.67. The number of hydrogen-bond acceptors (Lipinski definition) is 3. The second-order valence-electron chi connectivity index (χ2n) is 4.96. The van der Waals surface area contributed by atoms with E-state index in [1.54, 1.807) is 5.57 Å². The summed E-state index contributed by atoms with van der Waals surface area (Å²) in [7, 11) is 0. The molecule has 1 N–H and O–H groups in total. The van der Waals surface area contributed by atoms with Gasteiger partial charge in [-0.25, -0.2) is 0 Å². The van der Waals surface area contributed by atoms with Crippen molar-refractivity contribution < 1.29 is 0 Å². The topological polar surface area (TPSA) is 18.5 Å². The molecule has 0 aliphatic carbocycles. The van der Waals surface area contributed by atoms with E-state index >= 15 is 0 Å². The van der Waals surface area contributed by atoms with E-state index in [2.05, 4.69) is 28.1 Å². The van der Waals surface area contributed by atoms with Gasteiger partial charge in [-0.3, -0.25) is 9.80 Å². The van der Waals surface area contributed by atoms with Crippen molar-refractivity contribution in [3.05, 3.63) is 11.6 Å². The highest BCUT2D eigenvalue weighted by Crippen LogP contribution is 2.11. The Morgan fingerprint density at radius 1 is 1.00 bits per heavy atom. The Morgan fingerprint density at radius 3 is 2.12 bits per heavy atom. The molecule has 2 rings (SSSR count). The van der Waals surface area contributed by atoms with Gasteiger partial charge in [0, 0.05) is 39.3 Å². The normalized spacial score (nSPS) is 25.2. The Morgan fingerprint density at radius 2 is 1.56 bits per heavy atom. The molecule has 16 heavy (non-hydrogen) atoms. The van der Waals surface area contributed by atoms with Crippen LogP contribution in [0.2, 0.25) is 0 Å². The van der Waals surface area contributed by atoms with Crippen molar-refractivity contribution in [2.75, 3.05) is 52.4 Å². The molecule has 0 aromatic rings. The number of likely N-dealkylation sites (tertiary alicyclic amines) is 1. The van der Waals surface area contributed by atoms with E-state index in [9.17, 15) is 0 Å². The number of allylic oxidation sites excluding steroid dienone is 1. The van der Waals surface area contributed by atoms with Crippen molar-refractivity contribution in [2.24, 2.45) is 0 Å². The molecule has 0 unspecified atom stereocenters. The number of rotatable bonds is 4. The van der Waals surface area contributed by atoms with Crippen molar-refractivity contribution in [3.63, 3.8) is 0 Å². The maximum atomic E-state index is 3.41. The van der Waals surface area contributed by atoms with Gasteiger partial charge in [0.25, 0.3) is 0 Å². The molecule has 2 aliphatic heterocycles. The van der Waals surface area contributed by atoms with Gasteiger partial charge in [-0.1, -0.05) is 6.08 Å². The van der Waals surface area contributed by atoms with E-state index in [0.29, 0.717) is 0 Å². The highest BCUT2D eigenvalue weighted by Gasteiger charge is 2.15. The first-order valence-corrected chi connectivity index (χ1v) is 6.68. The minimum absolute atomic E-state index is 1.15. The van der Waals surface area contributed by atoms with Gasteiger partial charge in [0.15, 0.2) is 0 Å². The number of nitrogens with one attached hydrogen (secondary N) is 1. The van der Waals surface area contributed by atoms with Crippen LogP contribution in [0.25, 0.3) is 0 Å². The van der Waals surface area contributed by atoms with E-state index in [1.165, 1.54) is 52.1 Å². The molecule has 0 amide bonds. The summed E-state index contributed by atoms with van der Waals surface area (Å²) < 4.78 is 0. The first kappa shape index (κ1) is 12.1. The lowest BCUT2D eigenvalue weighted by atomic mass is 10.2. The summed E-state index contributed by atoms with van der Waals surface area (Å²) in [4.78, 5) is 5.17. The molecule has 0 atom stereocenters. The number of hydrogen-bond donors (Lipinski definition) is 1. The predicted octanol–water partition coefficient (Wildman–Crippen LogP) is 0.934. The molecular formula is C13H25N3. The molecule has 0 spiro atoms. The Kier molecular flexibility index (Phi) is 4.82. The van der Waals surface area contributed by atoms with E-state index in [1.807, 2.05) is 0 Å². The van der Waals surface area contributed by atoms with Crippen LogP contribution in [0, 0.1) is 0 Å². The molecular weight excluding hydrogens is 198 g/mol. The summed E-state index contributed by atoms with van der Waals surface area (Å²) in [6.07, 6.45) is 5.11. The van der Waals surface area contributed by atoms with Crippen LogP contribution < -0.4 is 5.32 Å². The van der Waals surface area contributed by atoms with Crippen molar-refractivity contribution in [1.82, 2.24) is 15.1 Å². The van der Waals surface area contributed by atoms with Gasteiger partial charge in [0.1, 0.15) is 0 Å². The number of piperazine rings is 1. The average molecular weight is 223 g/mol. The van der Waals surface area contributed by atoms with Crippen LogP contribution in [-0.4, -0.2) is 62.2 Å². The minimum Gasteiger partial charge on any atom is -0.314 e. The van der Waals surface area contributed by atoms with E-state index in [0.717, 1.165) is 13.1 Å². The van der Waals surface area contributed by atoms with Crippen LogP contribution in [0.1, 0.15) is 19.8 Å². The second kappa shape index (κ2) is 6.38. The molecule has 3 nitrogen and oxygen atoms in total. The molecule has 2 fully saturated rings. The highest BCUT2D eigenvalue weighted by molar-refractivity contribution is 5.06. The third kappa shape index (κ3) is 3.58. The largest absolute Gasteiger partial charge is 0.314 e. The van der Waals surface area contributed by atoms with Gasteiger partial charge < -0.3 is 5.32 Å². The van der Waals surface area contributed by atoms with Crippen LogP contribution in [0.15, 0.2) is 11.6 Å². The lowest BCUT2D eigenvalue weighted by Gasteiger charge is -2.29. The molecule has 0 saturated carbocycles. The average Bonchev–Trinajstić information content (AvgIpc) is 2.82. The van der Waals surface area contributed by atoms with Crippen molar-refractivity contribution in [3.8, 4) is 0 Å². The number of nitrogens with zero attached hydrogens (tertiary/aromatic N) is 2. The summed E-state index contributed by atoms with van der Waals surface area (Å²) in [6, 6.07) is 0. The van der Waals surface area contributed by atoms with Gasteiger partial charge in [-0.05, 0) is 38.4 Å². The van der Waals surface area contributed by atoms with Crippen molar-refractivity contribution >= 4 is 0 Å². The summed E-state index contributed by atoms with van der Waals surface area (Å²) in [5, 5.41) is 3.41. The summed E-state index contributed by atoms with van der Waals surface area (Å²) in [5.74, 6) is 0. The summed E-state index contributed by atoms with van der Waals surface area (Å²) in [5.41, 5.74) is 1.60. The molecule has 2 heterocycles. The Hall–Kier alpha value is -0.380. The standard InChI is InChI=1S/C13H25N3/c1-2-13(11-15-7-3-4-8-15)12-16-9-5-14-6-10-16/h2,14H,3-12H2,1H3. The summed E-state index contributed by atoms with van der Waals surface area (Å²) in [6.45, 7) is 11.9. The van der Waals surface area contributed by atoms with E-state index < -0.39 is 0 Å². The van der Waals surface area contributed by atoms with Crippen LogP contribution >= 0.6 is 0 Å². The van der Waals surface area contributed by atoms with Gasteiger partial charge in [-0.15, -0.1) is 0 Å². The lowest BCUT2D eigenvalue weighted by Crippen LogP contribution is -2.44. The van der Waals surface area contributed by atoms with Crippen LogP contribution in [0.5, 0.6) is 0 Å². The molecule has 2 saturated heterocycles. The second-order valence-corrected chi connectivity index (χ2v) is 4.96. The van der Waals surface area contributed by atoms with Gasteiger partial charge in [0.2, 0.25) is 0 Å². The highest BCUT2D eigenvalue weighted by atomic mass is 15.2. The third-order valence-electron chi connectivity index (χ3n) is 3.67. The fraction of sp³-hybridized carbons (Fsp3) is 0.846. The fourth-order valence-electron chi connectivity index (χ4n) is 2.62. The van der Waals surface area contributed by atoms with Crippen molar-refractivity contribution in [2.45, 2.75) is 19.8 Å². The predicted molar refractivity (Wildman–Crippen MR) is 68.7 cm³/mol. The zero-order chi connectivity index (χ0) is 11.2. The van der Waals surface area contributed by atoms with Crippen LogP contribution in [-0.2, 0) is 0 Å². The Labute approximate surface area is 99.5 Å². The SMILES string of the molecule is CC=C(CN1CCCC1)CN1CCNCC1. The van der Waals surface area contributed by atoms with Gasteiger partial charge in [0.05, 0.1) is 0 Å². The van der Waals surface area contributed by atoms with Crippen LogP contribution in [0.3, 0.4) is 0 Å². The smallest absolute Gasteiger partial charge is 0.0206 e. The summed E-state index contributed by atoms with van der Waals surface area (Å²) >= 11 is 0. The fourth-order valence-corrected chi connectivity index (χ4v) is 2.62. The van der Waals surface area contributed by atoms with Crippen molar-refractivity contribution in [1.29, 1.82) is 0 Å². The molecule has 2 aliphatic rings. The van der Waals surface area contributed by atoms with Gasteiger partial charge in [-0.2, -0.15) is 0 Å². The Balaban J connectivity index is 1.75. The quantitative estimate of drug-likeness (QED) is 0.716.